The molecule has 0 aliphatic rings. The summed E-state index contributed by atoms with van der Waals surface area (Å²) in [5, 5.41) is 11.7. The number of aromatic nitrogens is 1. The number of carbonyl (C=O) groups is 2. The van der Waals surface area contributed by atoms with Gasteiger partial charge in [0.05, 0.1) is 11.3 Å². The van der Waals surface area contributed by atoms with Gasteiger partial charge < -0.3 is 10.4 Å². The van der Waals surface area contributed by atoms with E-state index in [4.69, 9.17) is 5.11 Å². The fourth-order valence-electron chi connectivity index (χ4n) is 1.98. The number of amides is 1. The van der Waals surface area contributed by atoms with Gasteiger partial charge in [0.2, 0.25) is 0 Å². The average molecular weight is 284 g/mol. The summed E-state index contributed by atoms with van der Waals surface area (Å²) in [5.41, 5.74) is 2.43. The number of nitrogens with one attached hydrogen (secondary N) is 1. The molecule has 0 saturated heterocycles. The summed E-state index contributed by atoms with van der Waals surface area (Å²) < 4.78 is 0. The number of hydrogen-bond acceptors (Lipinski definition) is 3. The van der Waals surface area contributed by atoms with Crippen molar-refractivity contribution in [2.45, 2.75) is 20.3 Å². The first-order chi connectivity index (χ1) is 10.0. The highest BCUT2D eigenvalue weighted by molar-refractivity contribution is 6.03. The van der Waals surface area contributed by atoms with Gasteiger partial charge in [0.25, 0.3) is 5.91 Å². The first-order valence-corrected chi connectivity index (χ1v) is 6.62. The lowest BCUT2D eigenvalue weighted by atomic mass is 10.1. The summed E-state index contributed by atoms with van der Waals surface area (Å²) in [6.07, 6.45) is 0.883. The van der Waals surface area contributed by atoms with Crippen molar-refractivity contribution in [2.75, 3.05) is 5.32 Å². The number of aryl methyl sites for hydroxylation is 2. The Morgan fingerprint density at radius 3 is 2.62 bits per heavy atom. The van der Waals surface area contributed by atoms with E-state index in [1.54, 1.807) is 13.0 Å². The topological polar surface area (TPSA) is 79.3 Å². The van der Waals surface area contributed by atoms with Crippen LogP contribution in [0.4, 0.5) is 5.69 Å². The maximum Gasteiger partial charge on any atom is 0.337 e. The van der Waals surface area contributed by atoms with Crippen molar-refractivity contribution in [3.8, 4) is 0 Å². The van der Waals surface area contributed by atoms with Gasteiger partial charge >= 0.3 is 5.97 Å². The van der Waals surface area contributed by atoms with E-state index < -0.39 is 5.97 Å². The molecule has 2 aromatic rings. The molecule has 0 atom stereocenters. The van der Waals surface area contributed by atoms with E-state index >= 15 is 0 Å². The van der Waals surface area contributed by atoms with Crippen molar-refractivity contribution < 1.29 is 14.7 Å². The second-order valence-electron chi connectivity index (χ2n) is 4.64. The number of hydrogen-bond donors (Lipinski definition) is 2. The molecule has 0 radical (unpaired) electrons. The minimum atomic E-state index is -1.05. The normalized spacial score (nSPS) is 10.2. The van der Waals surface area contributed by atoms with Crippen LogP contribution < -0.4 is 5.32 Å². The van der Waals surface area contributed by atoms with E-state index in [1.165, 1.54) is 12.1 Å². The fourth-order valence-corrected chi connectivity index (χ4v) is 1.98. The van der Waals surface area contributed by atoms with Crippen LogP contribution in [0, 0.1) is 6.92 Å². The number of rotatable bonds is 4. The van der Waals surface area contributed by atoms with Crippen LogP contribution in [0.15, 0.2) is 36.4 Å². The molecule has 21 heavy (non-hydrogen) atoms. The summed E-state index contributed by atoms with van der Waals surface area (Å²) >= 11 is 0. The predicted molar refractivity (Wildman–Crippen MR) is 79.7 cm³/mol. The van der Waals surface area contributed by atoms with Gasteiger partial charge in [-0.2, -0.15) is 0 Å². The van der Waals surface area contributed by atoms with Crippen molar-refractivity contribution >= 4 is 17.6 Å². The van der Waals surface area contributed by atoms with E-state index in [2.05, 4.69) is 10.3 Å². The second kappa shape index (κ2) is 6.17. The summed E-state index contributed by atoms with van der Waals surface area (Å²) in [6.45, 7) is 3.61. The Morgan fingerprint density at radius 1 is 1.24 bits per heavy atom. The van der Waals surface area contributed by atoms with Crippen molar-refractivity contribution in [3.63, 3.8) is 0 Å². The zero-order valence-electron chi connectivity index (χ0n) is 11.9. The number of anilines is 1. The zero-order valence-corrected chi connectivity index (χ0v) is 11.9. The number of carboxylic acid groups (broad SMARTS) is 1. The third-order valence-electron chi connectivity index (χ3n) is 3.14. The third-order valence-corrected chi connectivity index (χ3v) is 3.14. The molecule has 1 amide bonds. The third kappa shape index (κ3) is 3.45. The van der Waals surface area contributed by atoms with Gasteiger partial charge in [-0.05, 0) is 43.2 Å². The summed E-state index contributed by atoms with van der Waals surface area (Å²) in [6, 6.07) is 10.4. The summed E-state index contributed by atoms with van der Waals surface area (Å²) in [5.74, 6) is -1.41. The summed E-state index contributed by atoms with van der Waals surface area (Å²) in [7, 11) is 0. The van der Waals surface area contributed by atoms with Crippen LogP contribution in [0.1, 0.15) is 39.0 Å². The maximum absolute atomic E-state index is 12.1. The van der Waals surface area contributed by atoms with E-state index in [0.29, 0.717) is 11.4 Å². The van der Waals surface area contributed by atoms with E-state index in [1.807, 2.05) is 25.1 Å². The molecule has 0 spiro atoms. The number of pyridine rings is 1. The van der Waals surface area contributed by atoms with Gasteiger partial charge in [-0.25, -0.2) is 9.78 Å². The highest BCUT2D eigenvalue weighted by Crippen LogP contribution is 2.13. The lowest BCUT2D eigenvalue weighted by Gasteiger charge is -2.07. The SMILES string of the molecule is CCc1cccc(NC(=O)c2ccc(C(=O)O)c(C)n2)c1. The first kappa shape index (κ1) is 14.7. The molecule has 108 valence electrons. The molecule has 0 fully saturated rings. The molecule has 1 aromatic heterocycles. The lowest BCUT2D eigenvalue weighted by molar-refractivity contribution is 0.0695. The quantitative estimate of drug-likeness (QED) is 0.904. The van der Waals surface area contributed by atoms with Gasteiger partial charge in [0.15, 0.2) is 0 Å². The van der Waals surface area contributed by atoms with E-state index in [9.17, 15) is 9.59 Å². The Labute approximate surface area is 122 Å². The van der Waals surface area contributed by atoms with Crippen LogP contribution in [-0.4, -0.2) is 22.0 Å². The number of carbonyl (C=O) groups excluding carboxylic acids is 1. The zero-order chi connectivity index (χ0) is 15.4. The molecular formula is C16H16N2O3. The van der Waals surface area contributed by atoms with Gasteiger partial charge in [-0.15, -0.1) is 0 Å². The lowest BCUT2D eigenvalue weighted by Crippen LogP contribution is -2.15. The minimum absolute atomic E-state index is 0.0968. The molecule has 1 heterocycles. The number of benzene rings is 1. The smallest absolute Gasteiger partial charge is 0.337 e. The van der Waals surface area contributed by atoms with Crippen LogP contribution in [0.25, 0.3) is 0 Å². The van der Waals surface area contributed by atoms with E-state index in [0.717, 1.165) is 12.0 Å². The Balaban J connectivity index is 2.20. The molecular weight excluding hydrogens is 268 g/mol. The molecule has 0 unspecified atom stereocenters. The Kier molecular flexibility index (Phi) is 4.33. The molecule has 0 aliphatic heterocycles. The monoisotopic (exact) mass is 284 g/mol. The number of nitrogens with zero attached hydrogens (tertiary/aromatic N) is 1. The Hall–Kier alpha value is -2.69. The Bertz CT molecular complexity index is 696. The Morgan fingerprint density at radius 2 is 2.00 bits per heavy atom. The van der Waals surface area contributed by atoms with Crippen LogP contribution in [0.3, 0.4) is 0 Å². The molecule has 5 heteroatoms. The van der Waals surface area contributed by atoms with Crippen molar-refractivity contribution in [2.24, 2.45) is 0 Å². The van der Waals surface area contributed by atoms with Crippen LogP contribution in [0.5, 0.6) is 0 Å². The highest BCUT2D eigenvalue weighted by Gasteiger charge is 2.13. The molecule has 0 aliphatic carbocycles. The van der Waals surface area contributed by atoms with Crippen molar-refractivity contribution in [3.05, 3.63) is 58.9 Å². The second-order valence-corrected chi connectivity index (χ2v) is 4.64. The van der Waals surface area contributed by atoms with Crippen molar-refractivity contribution in [1.29, 1.82) is 0 Å². The largest absolute Gasteiger partial charge is 0.478 e. The van der Waals surface area contributed by atoms with Gasteiger partial charge in [-0.1, -0.05) is 19.1 Å². The molecule has 0 saturated carbocycles. The molecule has 5 nitrogen and oxygen atoms in total. The standard InChI is InChI=1S/C16H16N2O3/c1-3-11-5-4-6-12(9-11)18-15(19)14-8-7-13(16(20)21)10(2)17-14/h4-9H,3H2,1-2H3,(H,18,19)(H,20,21). The first-order valence-electron chi connectivity index (χ1n) is 6.62. The van der Waals surface area contributed by atoms with Gasteiger partial charge in [-0.3, -0.25) is 4.79 Å². The highest BCUT2D eigenvalue weighted by atomic mass is 16.4. The van der Waals surface area contributed by atoms with Gasteiger partial charge in [0.1, 0.15) is 5.69 Å². The molecule has 2 N–H and O–H groups in total. The number of aromatic carboxylic acids is 1. The van der Waals surface area contributed by atoms with Crippen molar-refractivity contribution in [1.82, 2.24) is 4.98 Å². The minimum Gasteiger partial charge on any atom is -0.478 e. The fraction of sp³-hybridized carbons (Fsp3) is 0.188. The summed E-state index contributed by atoms with van der Waals surface area (Å²) in [4.78, 5) is 27.1. The molecule has 1 aromatic carbocycles. The van der Waals surface area contributed by atoms with Crippen LogP contribution >= 0.6 is 0 Å². The predicted octanol–water partition coefficient (Wildman–Crippen LogP) is 2.90. The molecule has 2 rings (SSSR count). The van der Waals surface area contributed by atoms with Gasteiger partial charge in [0, 0.05) is 5.69 Å². The van der Waals surface area contributed by atoms with Crippen LogP contribution in [0.2, 0.25) is 0 Å². The molecule has 0 bridgehead atoms. The maximum atomic E-state index is 12.1. The number of carboxylic acids is 1. The average Bonchev–Trinajstić information content (AvgIpc) is 2.46. The van der Waals surface area contributed by atoms with E-state index in [-0.39, 0.29) is 17.2 Å². The van der Waals surface area contributed by atoms with Crippen LogP contribution in [-0.2, 0) is 6.42 Å².